The summed E-state index contributed by atoms with van der Waals surface area (Å²) in [6.07, 6.45) is 0. The third-order valence-corrected chi connectivity index (χ3v) is 4.47. The SMILES string of the molecule is NC(=S)c1ccccc1COc1c(Br)cc(Br)cc1Br. The Kier molecular flexibility index (Phi) is 5.60. The van der Waals surface area contributed by atoms with Gasteiger partial charge in [0.25, 0.3) is 0 Å². The fourth-order valence-corrected chi connectivity index (χ4v) is 4.39. The van der Waals surface area contributed by atoms with E-state index < -0.39 is 0 Å². The van der Waals surface area contributed by atoms with Crippen molar-refractivity contribution in [3.8, 4) is 5.75 Å². The maximum Gasteiger partial charge on any atom is 0.148 e. The Balaban J connectivity index is 2.24. The highest BCUT2D eigenvalue weighted by atomic mass is 79.9. The zero-order chi connectivity index (χ0) is 14.7. The molecule has 6 heteroatoms. The van der Waals surface area contributed by atoms with E-state index in [0.29, 0.717) is 11.6 Å². The maximum absolute atomic E-state index is 5.87. The summed E-state index contributed by atoms with van der Waals surface area (Å²) in [4.78, 5) is 0.373. The van der Waals surface area contributed by atoms with Crippen LogP contribution < -0.4 is 10.5 Å². The van der Waals surface area contributed by atoms with Crippen LogP contribution in [0.15, 0.2) is 49.8 Å². The summed E-state index contributed by atoms with van der Waals surface area (Å²) in [5.74, 6) is 0.742. The number of ether oxygens (including phenoxy) is 1. The van der Waals surface area contributed by atoms with E-state index in [0.717, 1.165) is 30.3 Å². The van der Waals surface area contributed by atoms with Gasteiger partial charge in [-0.2, -0.15) is 0 Å². The molecule has 2 rings (SSSR count). The van der Waals surface area contributed by atoms with Crippen LogP contribution in [-0.4, -0.2) is 4.99 Å². The molecule has 2 nitrogen and oxygen atoms in total. The van der Waals surface area contributed by atoms with E-state index in [2.05, 4.69) is 47.8 Å². The second-order valence-electron chi connectivity index (χ2n) is 4.01. The van der Waals surface area contributed by atoms with E-state index in [-0.39, 0.29) is 0 Å². The van der Waals surface area contributed by atoms with Gasteiger partial charge in [-0.25, -0.2) is 0 Å². The van der Waals surface area contributed by atoms with Crippen molar-refractivity contribution in [2.45, 2.75) is 6.61 Å². The first kappa shape index (κ1) is 15.9. The molecular formula is C14H10Br3NOS. The Morgan fingerprint density at radius 3 is 2.30 bits per heavy atom. The third kappa shape index (κ3) is 3.81. The Bertz CT molecular complexity index is 638. The van der Waals surface area contributed by atoms with Gasteiger partial charge in [-0.1, -0.05) is 52.4 Å². The Labute approximate surface area is 148 Å². The smallest absolute Gasteiger partial charge is 0.148 e. The first-order valence-electron chi connectivity index (χ1n) is 5.64. The quantitative estimate of drug-likeness (QED) is 0.613. The second-order valence-corrected chi connectivity index (χ2v) is 7.07. The van der Waals surface area contributed by atoms with Gasteiger partial charge in [0.2, 0.25) is 0 Å². The number of rotatable bonds is 4. The van der Waals surface area contributed by atoms with Gasteiger partial charge in [-0.3, -0.25) is 0 Å². The minimum atomic E-state index is 0.373. The molecule has 0 aliphatic carbocycles. The van der Waals surface area contributed by atoms with Gasteiger partial charge in [-0.15, -0.1) is 0 Å². The van der Waals surface area contributed by atoms with Crippen LogP contribution in [0.25, 0.3) is 0 Å². The van der Waals surface area contributed by atoms with E-state index in [1.54, 1.807) is 0 Å². The van der Waals surface area contributed by atoms with Crippen LogP contribution in [0.4, 0.5) is 0 Å². The molecule has 104 valence electrons. The first-order valence-corrected chi connectivity index (χ1v) is 8.43. The topological polar surface area (TPSA) is 35.2 Å². The second kappa shape index (κ2) is 7.02. The molecule has 0 aliphatic heterocycles. The highest BCUT2D eigenvalue weighted by Crippen LogP contribution is 2.36. The van der Waals surface area contributed by atoms with Gasteiger partial charge in [0.15, 0.2) is 0 Å². The van der Waals surface area contributed by atoms with Crippen molar-refractivity contribution in [1.82, 2.24) is 0 Å². The van der Waals surface area contributed by atoms with Crippen LogP contribution in [0.2, 0.25) is 0 Å². The molecule has 0 atom stereocenters. The fourth-order valence-electron chi connectivity index (χ4n) is 1.70. The Morgan fingerprint density at radius 1 is 1.10 bits per heavy atom. The first-order chi connectivity index (χ1) is 9.49. The average molecular weight is 480 g/mol. The van der Waals surface area contributed by atoms with Crippen LogP contribution in [0.1, 0.15) is 11.1 Å². The van der Waals surface area contributed by atoms with Crippen LogP contribution in [0, 0.1) is 0 Å². The van der Waals surface area contributed by atoms with Crippen molar-refractivity contribution in [2.24, 2.45) is 5.73 Å². The van der Waals surface area contributed by atoms with E-state index in [9.17, 15) is 0 Å². The molecule has 20 heavy (non-hydrogen) atoms. The molecule has 2 aromatic rings. The zero-order valence-corrected chi connectivity index (χ0v) is 15.8. The van der Waals surface area contributed by atoms with Crippen molar-refractivity contribution in [3.05, 3.63) is 60.9 Å². The standard InChI is InChI=1S/C14H10Br3NOS/c15-9-5-11(16)13(12(17)6-9)19-7-8-3-1-2-4-10(8)14(18)20/h1-6H,7H2,(H2,18,20). The third-order valence-electron chi connectivity index (χ3n) is 2.62. The molecule has 2 N–H and O–H groups in total. The molecule has 0 spiro atoms. The molecule has 0 heterocycles. The molecule has 0 saturated heterocycles. The summed E-state index contributed by atoms with van der Waals surface area (Å²) in [5, 5.41) is 0. The predicted molar refractivity (Wildman–Crippen MR) is 96.2 cm³/mol. The van der Waals surface area contributed by atoms with Crippen LogP contribution >= 0.6 is 60.0 Å². The summed E-state index contributed by atoms with van der Waals surface area (Å²) < 4.78 is 8.57. The minimum Gasteiger partial charge on any atom is -0.487 e. The summed E-state index contributed by atoms with van der Waals surface area (Å²) in [6.45, 7) is 0.395. The van der Waals surface area contributed by atoms with Crippen LogP contribution in [0.3, 0.4) is 0 Å². The van der Waals surface area contributed by atoms with E-state index >= 15 is 0 Å². The van der Waals surface area contributed by atoms with Crippen LogP contribution in [-0.2, 0) is 6.61 Å². The van der Waals surface area contributed by atoms with Gasteiger partial charge in [0.05, 0.1) is 8.95 Å². The van der Waals surface area contributed by atoms with Crippen molar-refractivity contribution >= 4 is 65.0 Å². The maximum atomic E-state index is 5.87. The summed E-state index contributed by atoms with van der Waals surface area (Å²) in [6, 6.07) is 11.6. The van der Waals surface area contributed by atoms with Gasteiger partial charge >= 0.3 is 0 Å². The monoisotopic (exact) mass is 477 g/mol. The fraction of sp³-hybridized carbons (Fsp3) is 0.0714. The molecule has 0 bridgehead atoms. The number of nitrogens with two attached hydrogens (primary N) is 1. The van der Waals surface area contributed by atoms with Crippen molar-refractivity contribution < 1.29 is 4.74 Å². The lowest BCUT2D eigenvalue weighted by Crippen LogP contribution is -2.13. The molecule has 0 aromatic heterocycles. The van der Waals surface area contributed by atoms with Crippen molar-refractivity contribution in [2.75, 3.05) is 0 Å². The summed E-state index contributed by atoms with van der Waals surface area (Å²) in [7, 11) is 0. The molecule has 0 fully saturated rings. The van der Waals surface area contributed by atoms with Crippen molar-refractivity contribution in [1.29, 1.82) is 0 Å². The number of hydrogen-bond donors (Lipinski definition) is 1. The van der Waals surface area contributed by atoms with Gasteiger partial charge < -0.3 is 10.5 Å². The van der Waals surface area contributed by atoms with Crippen LogP contribution in [0.5, 0.6) is 5.75 Å². The number of benzene rings is 2. The largest absolute Gasteiger partial charge is 0.487 e. The van der Waals surface area contributed by atoms with E-state index in [1.165, 1.54) is 0 Å². The molecule has 0 radical (unpaired) electrons. The van der Waals surface area contributed by atoms with E-state index in [1.807, 2.05) is 36.4 Å². The van der Waals surface area contributed by atoms with E-state index in [4.69, 9.17) is 22.7 Å². The number of thiocarbonyl (C=S) groups is 1. The highest BCUT2D eigenvalue weighted by molar-refractivity contribution is 9.11. The number of halogens is 3. The number of hydrogen-bond acceptors (Lipinski definition) is 2. The van der Waals surface area contributed by atoms with Gasteiger partial charge in [0.1, 0.15) is 17.3 Å². The molecule has 0 aliphatic rings. The molecule has 0 saturated carbocycles. The predicted octanol–water partition coefficient (Wildman–Crippen LogP) is 5.19. The lowest BCUT2D eigenvalue weighted by molar-refractivity contribution is 0.302. The summed E-state index contributed by atoms with van der Waals surface area (Å²) >= 11 is 15.4. The molecular weight excluding hydrogens is 470 g/mol. The molecule has 0 amide bonds. The van der Waals surface area contributed by atoms with Crippen molar-refractivity contribution in [3.63, 3.8) is 0 Å². The molecule has 0 unspecified atom stereocenters. The zero-order valence-electron chi connectivity index (χ0n) is 10.2. The van der Waals surface area contributed by atoms with Gasteiger partial charge in [-0.05, 0) is 49.6 Å². The normalized spacial score (nSPS) is 10.3. The Hall–Kier alpha value is -0.430. The average Bonchev–Trinajstić information content (AvgIpc) is 2.37. The molecule has 2 aromatic carbocycles. The Morgan fingerprint density at radius 2 is 1.70 bits per heavy atom. The summed E-state index contributed by atoms with van der Waals surface area (Å²) in [5.41, 5.74) is 7.51. The highest BCUT2D eigenvalue weighted by Gasteiger charge is 2.10. The van der Waals surface area contributed by atoms with Gasteiger partial charge in [0, 0.05) is 10.0 Å². The minimum absolute atomic E-state index is 0.373. The lowest BCUT2D eigenvalue weighted by atomic mass is 10.1. The lowest BCUT2D eigenvalue weighted by Gasteiger charge is -2.13.